The average molecular weight is 234 g/mol. The molecule has 0 N–H and O–H groups in total. The van der Waals surface area contributed by atoms with Gasteiger partial charge in [-0.05, 0) is 37.8 Å². The molecule has 0 aliphatic heterocycles. The van der Waals surface area contributed by atoms with Gasteiger partial charge in [-0.15, -0.1) is 0 Å². The monoisotopic (exact) mass is 234 g/mol. The Morgan fingerprint density at radius 3 is 2.35 bits per heavy atom. The smallest absolute Gasteiger partial charge is 0.317 e. The number of esters is 1. The minimum atomic E-state index is -0.385. The van der Waals surface area contributed by atoms with Crippen LogP contribution in [0.15, 0.2) is 30.3 Å². The first-order valence-corrected chi connectivity index (χ1v) is 6.25. The van der Waals surface area contributed by atoms with Crippen LogP contribution < -0.4 is 4.74 Å². The van der Waals surface area contributed by atoms with Crippen molar-refractivity contribution >= 4 is 5.97 Å². The van der Waals surface area contributed by atoms with Gasteiger partial charge >= 0.3 is 5.97 Å². The molecular weight excluding hydrogens is 212 g/mol. The van der Waals surface area contributed by atoms with Crippen LogP contribution in [0.1, 0.15) is 40.5 Å². The minimum Gasteiger partial charge on any atom is -0.426 e. The number of carbonyl (C=O) groups is 1. The number of ether oxygens (including phenoxy) is 1. The van der Waals surface area contributed by atoms with Crippen LogP contribution in [0.5, 0.6) is 5.75 Å². The van der Waals surface area contributed by atoms with Gasteiger partial charge in [-0.25, -0.2) is 0 Å². The van der Waals surface area contributed by atoms with Crippen LogP contribution in [0.4, 0.5) is 0 Å². The van der Waals surface area contributed by atoms with Crippen molar-refractivity contribution in [2.24, 2.45) is 11.3 Å². The molecule has 1 unspecified atom stereocenters. The molecule has 0 aliphatic rings. The van der Waals surface area contributed by atoms with Crippen LogP contribution in [0, 0.1) is 11.3 Å². The van der Waals surface area contributed by atoms with Crippen LogP contribution in [-0.4, -0.2) is 5.97 Å². The standard InChI is InChI=1S/C15H22O2/c1-5-15(4,11-12(2)3)14(16)17-13-9-7-6-8-10-13/h6-10,12H,5,11H2,1-4H3. The van der Waals surface area contributed by atoms with Crippen LogP contribution in [0.3, 0.4) is 0 Å². The second kappa shape index (κ2) is 5.85. The number of para-hydroxylation sites is 1. The highest BCUT2D eigenvalue weighted by molar-refractivity contribution is 5.78. The highest BCUT2D eigenvalue weighted by Crippen LogP contribution is 2.31. The minimum absolute atomic E-state index is 0.125. The largest absolute Gasteiger partial charge is 0.426 e. The molecular formula is C15H22O2. The molecule has 17 heavy (non-hydrogen) atoms. The molecule has 0 fully saturated rings. The molecule has 2 heteroatoms. The van der Waals surface area contributed by atoms with Crippen molar-refractivity contribution in [1.82, 2.24) is 0 Å². The van der Waals surface area contributed by atoms with Crippen LogP contribution in [-0.2, 0) is 4.79 Å². The SMILES string of the molecule is CCC(C)(CC(C)C)C(=O)Oc1ccccc1. The van der Waals surface area contributed by atoms with E-state index in [1.807, 2.05) is 44.2 Å². The Morgan fingerprint density at radius 2 is 1.88 bits per heavy atom. The molecule has 2 nitrogen and oxygen atoms in total. The molecule has 1 aromatic carbocycles. The Hall–Kier alpha value is -1.31. The predicted molar refractivity (Wildman–Crippen MR) is 69.9 cm³/mol. The lowest BCUT2D eigenvalue weighted by Gasteiger charge is -2.27. The highest BCUT2D eigenvalue weighted by Gasteiger charge is 2.33. The van der Waals surface area contributed by atoms with E-state index in [9.17, 15) is 4.79 Å². The molecule has 0 saturated carbocycles. The van der Waals surface area contributed by atoms with Gasteiger partial charge in [0.1, 0.15) is 5.75 Å². The lowest BCUT2D eigenvalue weighted by atomic mass is 9.80. The first-order chi connectivity index (χ1) is 7.98. The van der Waals surface area contributed by atoms with E-state index in [1.165, 1.54) is 0 Å². The number of hydrogen-bond acceptors (Lipinski definition) is 2. The van der Waals surface area contributed by atoms with Gasteiger partial charge in [0.2, 0.25) is 0 Å². The Bertz CT molecular complexity index is 356. The highest BCUT2D eigenvalue weighted by atomic mass is 16.5. The quantitative estimate of drug-likeness (QED) is 0.567. The van der Waals surface area contributed by atoms with Gasteiger partial charge in [-0.2, -0.15) is 0 Å². The molecule has 0 heterocycles. The van der Waals surface area contributed by atoms with Gasteiger partial charge < -0.3 is 4.74 Å². The molecule has 0 radical (unpaired) electrons. The van der Waals surface area contributed by atoms with E-state index >= 15 is 0 Å². The third-order valence-electron chi connectivity index (χ3n) is 3.09. The summed E-state index contributed by atoms with van der Waals surface area (Å²) in [5.41, 5.74) is -0.385. The Balaban J connectivity index is 2.73. The van der Waals surface area contributed by atoms with E-state index < -0.39 is 0 Å². The molecule has 0 spiro atoms. The summed E-state index contributed by atoms with van der Waals surface area (Å²) in [5.74, 6) is 0.990. The first-order valence-electron chi connectivity index (χ1n) is 6.25. The summed E-state index contributed by atoms with van der Waals surface area (Å²) in [7, 11) is 0. The van der Waals surface area contributed by atoms with Crippen molar-refractivity contribution < 1.29 is 9.53 Å². The summed E-state index contributed by atoms with van der Waals surface area (Å²) in [6, 6.07) is 9.26. The third-order valence-corrected chi connectivity index (χ3v) is 3.09. The van der Waals surface area contributed by atoms with E-state index in [0.717, 1.165) is 12.8 Å². The summed E-state index contributed by atoms with van der Waals surface area (Å²) in [5, 5.41) is 0. The van der Waals surface area contributed by atoms with Gasteiger partial charge in [0.25, 0.3) is 0 Å². The zero-order valence-electron chi connectivity index (χ0n) is 11.2. The Kier molecular flexibility index (Phi) is 4.73. The van der Waals surface area contributed by atoms with Crippen molar-refractivity contribution in [2.45, 2.75) is 40.5 Å². The number of carbonyl (C=O) groups excluding carboxylic acids is 1. The molecule has 0 aliphatic carbocycles. The summed E-state index contributed by atoms with van der Waals surface area (Å²) in [6.07, 6.45) is 1.66. The Morgan fingerprint density at radius 1 is 1.29 bits per heavy atom. The number of benzene rings is 1. The van der Waals surface area contributed by atoms with Crippen molar-refractivity contribution in [3.8, 4) is 5.75 Å². The molecule has 1 atom stereocenters. The van der Waals surface area contributed by atoms with Gasteiger partial charge in [0, 0.05) is 0 Å². The van der Waals surface area contributed by atoms with Crippen LogP contribution >= 0.6 is 0 Å². The van der Waals surface area contributed by atoms with Crippen molar-refractivity contribution in [3.63, 3.8) is 0 Å². The summed E-state index contributed by atoms with van der Waals surface area (Å²) >= 11 is 0. The Labute approximate surface area is 104 Å². The lowest BCUT2D eigenvalue weighted by Crippen LogP contribution is -2.32. The molecule has 0 saturated heterocycles. The second-order valence-corrected chi connectivity index (χ2v) is 5.21. The van der Waals surface area contributed by atoms with E-state index in [-0.39, 0.29) is 11.4 Å². The van der Waals surface area contributed by atoms with E-state index in [4.69, 9.17) is 4.74 Å². The fraction of sp³-hybridized carbons (Fsp3) is 0.533. The van der Waals surface area contributed by atoms with E-state index in [2.05, 4.69) is 13.8 Å². The van der Waals surface area contributed by atoms with Crippen LogP contribution in [0.25, 0.3) is 0 Å². The normalized spacial score (nSPS) is 14.4. The molecule has 0 bridgehead atoms. The maximum atomic E-state index is 12.2. The number of rotatable bonds is 5. The van der Waals surface area contributed by atoms with Crippen molar-refractivity contribution in [3.05, 3.63) is 30.3 Å². The molecule has 1 aromatic rings. The maximum absolute atomic E-state index is 12.2. The van der Waals surface area contributed by atoms with Gasteiger partial charge in [0.05, 0.1) is 5.41 Å². The molecule has 0 aromatic heterocycles. The van der Waals surface area contributed by atoms with Gasteiger partial charge in [-0.3, -0.25) is 4.79 Å². The average Bonchev–Trinajstić information content (AvgIpc) is 2.29. The van der Waals surface area contributed by atoms with Gasteiger partial charge in [0.15, 0.2) is 0 Å². The lowest BCUT2D eigenvalue weighted by molar-refractivity contribution is -0.146. The number of hydrogen-bond donors (Lipinski definition) is 0. The van der Waals surface area contributed by atoms with Gasteiger partial charge in [-0.1, -0.05) is 39.0 Å². The fourth-order valence-corrected chi connectivity index (χ4v) is 1.99. The summed E-state index contributed by atoms with van der Waals surface area (Å²) in [4.78, 5) is 12.2. The molecule has 0 amide bonds. The zero-order valence-corrected chi connectivity index (χ0v) is 11.2. The fourth-order valence-electron chi connectivity index (χ4n) is 1.99. The predicted octanol–water partition coefficient (Wildman–Crippen LogP) is 4.05. The van der Waals surface area contributed by atoms with E-state index in [0.29, 0.717) is 11.7 Å². The van der Waals surface area contributed by atoms with E-state index in [1.54, 1.807) is 0 Å². The maximum Gasteiger partial charge on any atom is 0.317 e. The van der Waals surface area contributed by atoms with Crippen molar-refractivity contribution in [2.75, 3.05) is 0 Å². The third kappa shape index (κ3) is 3.88. The van der Waals surface area contributed by atoms with Crippen molar-refractivity contribution in [1.29, 1.82) is 0 Å². The second-order valence-electron chi connectivity index (χ2n) is 5.21. The zero-order chi connectivity index (χ0) is 12.9. The molecule has 1 rings (SSSR count). The summed E-state index contributed by atoms with van der Waals surface area (Å²) in [6.45, 7) is 8.28. The molecule has 94 valence electrons. The topological polar surface area (TPSA) is 26.3 Å². The summed E-state index contributed by atoms with van der Waals surface area (Å²) < 4.78 is 5.43. The first kappa shape index (κ1) is 13.8. The van der Waals surface area contributed by atoms with Crippen LogP contribution in [0.2, 0.25) is 0 Å².